The van der Waals surface area contributed by atoms with Crippen LogP contribution >= 0.6 is 0 Å². The summed E-state index contributed by atoms with van der Waals surface area (Å²) in [6.07, 6.45) is 1.86. The maximum Gasteiger partial charge on any atom is 0.224 e. The van der Waals surface area contributed by atoms with Gasteiger partial charge in [0.1, 0.15) is 17.6 Å². The number of aryl methyl sites for hydroxylation is 4. The second kappa shape index (κ2) is 6.96. The number of rotatable bonds is 6. The molecule has 25 heavy (non-hydrogen) atoms. The number of carbonyl (C=O) groups is 1. The predicted molar refractivity (Wildman–Crippen MR) is 91.2 cm³/mol. The van der Waals surface area contributed by atoms with Gasteiger partial charge in [0.15, 0.2) is 0 Å². The van der Waals surface area contributed by atoms with Gasteiger partial charge in [-0.1, -0.05) is 5.16 Å². The highest BCUT2D eigenvalue weighted by Gasteiger charge is 2.21. The summed E-state index contributed by atoms with van der Waals surface area (Å²) >= 11 is 0. The summed E-state index contributed by atoms with van der Waals surface area (Å²) < 4.78 is 12.5. The van der Waals surface area contributed by atoms with Crippen LogP contribution in [0, 0.1) is 27.7 Å². The number of amides is 1. The minimum absolute atomic E-state index is 0.0903. The number of furan rings is 1. The Kier molecular flexibility index (Phi) is 4.74. The third-order valence-electron chi connectivity index (χ3n) is 4.22. The van der Waals surface area contributed by atoms with Crippen molar-refractivity contribution in [1.82, 2.24) is 20.3 Å². The van der Waals surface area contributed by atoms with Crippen LogP contribution in [0.4, 0.5) is 0 Å². The summed E-state index contributed by atoms with van der Waals surface area (Å²) in [7, 11) is 0. The number of carbonyl (C=O) groups excluding carboxylic acids is 1. The fourth-order valence-corrected chi connectivity index (χ4v) is 2.94. The van der Waals surface area contributed by atoms with Gasteiger partial charge in [0.2, 0.25) is 5.91 Å². The van der Waals surface area contributed by atoms with E-state index in [1.807, 2.05) is 50.6 Å². The molecule has 0 aliphatic carbocycles. The molecular weight excluding hydrogens is 320 g/mol. The predicted octanol–water partition coefficient (Wildman–Crippen LogP) is 2.65. The first-order valence-electron chi connectivity index (χ1n) is 8.20. The lowest BCUT2D eigenvalue weighted by Crippen LogP contribution is -2.33. The van der Waals surface area contributed by atoms with Gasteiger partial charge in [0.05, 0.1) is 24.1 Å². The topological polar surface area (TPSA) is 86.1 Å². The Morgan fingerprint density at radius 3 is 2.68 bits per heavy atom. The van der Waals surface area contributed by atoms with Crippen LogP contribution in [-0.2, 0) is 11.2 Å². The molecule has 1 atom stereocenters. The Morgan fingerprint density at radius 1 is 1.32 bits per heavy atom. The van der Waals surface area contributed by atoms with Gasteiger partial charge in [-0.25, -0.2) is 0 Å². The van der Waals surface area contributed by atoms with E-state index in [1.54, 1.807) is 6.26 Å². The SMILES string of the molecule is Cc1cc(C)n(C(CNC(=O)Cc2c(C)noc2C)c2ccco2)n1. The van der Waals surface area contributed by atoms with Crippen molar-refractivity contribution in [1.29, 1.82) is 0 Å². The van der Waals surface area contributed by atoms with Crippen LogP contribution in [0.25, 0.3) is 0 Å². The molecule has 1 amide bonds. The summed E-state index contributed by atoms with van der Waals surface area (Å²) in [6.45, 7) is 7.96. The third kappa shape index (κ3) is 3.65. The maximum atomic E-state index is 12.4. The number of hydrogen-bond acceptors (Lipinski definition) is 5. The number of nitrogens with one attached hydrogen (secondary N) is 1. The molecule has 0 spiro atoms. The van der Waals surface area contributed by atoms with Crippen molar-refractivity contribution in [3.05, 3.63) is 58.6 Å². The zero-order chi connectivity index (χ0) is 18.0. The van der Waals surface area contributed by atoms with E-state index >= 15 is 0 Å². The molecule has 7 heteroatoms. The largest absolute Gasteiger partial charge is 0.467 e. The zero-order valence-electron chi connectivity index (χ0n) is 14.9. The lowest BCUT2D eigenvalue weighted by molar-refractivity contribution is -0.120. The molecule has 0 aliphatic heterocycles. The summed E-state index contributed by atoms with van der Waals surface area (Å²) in [5.41, 5.74) is 3.52. The summed E-state index contributed by atoms with van der Waals surface area (Å²) in [6, 6.07) is 5.53. The van der Waals surface area contributed by atoms with Crippen LogP contribution in [0.2, 0.25) is 0 Å². The lowest BCUT2D eigenvalue weighted by Gasteiger charge is -2.18. The van der Waals surface area contributed by atoms with Gasteiger partial charge >= 0.3 is 0 Å². The lowest BCUT2D eigenvalue weighted by atomic mass is 10.1. The quantitative estimate of drug-likeness (QED) is 0.744. The third-order valence-corrected chi connectivity index (χ3v) is 4.22. The second-order valence-corrected chi connectivity index (χ2v) is 6.19. The average molecular weight is 342 g/mol. The Bertz CT molecular complexity index is 842. The van der Waals surface area contributed by atoms with E-state index in [4.69, 9.17) is 8.94 Å². The van der Waals surface area contributed by atoms with Crippen LogP contribution < -0.4 is 5.32 Å². The van der Waals surface area contributed by atoms with E-state index in [0.717, 1.165) is 28.4 Å². The molecular formula is C18H22N4O3. The minimum atomic E-state index is -0.197. The molecule has 0 saturated carbocycles. The van der Waals surface area contributed by atoms with E-state index < -0.39 is 0 Å². The highest BCUT2D eigenvalue weighted by molar-refractivity contribution is 5.79. The molecule has 1 unspecified atom stereocenters. The van der Waals surface area contributed by atoms with Crippen LogP contribution in [-0.4, -0.2) is 27.4 Å². The van der Waals surface area contributed by atoms with Gasteiger partial charge in [0.25, 0.3) is 0 Å². The Balaban J connectivity index is 1.73. The van der Waals surface area contributed by atoms with E-state index in [2.05, 4.69) is 15.6 Å². The van der Waals surface area contributed by atoms with Gasteiger partial charge < -0.3 is 14.3 Å². The fourth-order valence-electron chi connectivity index (χ4n) is 2.94. The first-order chi connectivity index (χ1) is 12.0. The smallest absolute Gasteiger partial charge is 0.224 e. The molecule has 0 aromatic carbocycles. The minimum Gasteiger partial charge on any atom is -0.467 e. The van der Waals surface area contributed by atoms with Crippen LogP contribution in [0.5, 0.6) is 0 Å². The second-order valence-electron chi connectivity index (χ2n) is 6.19. The van der Waals surface area contributed by atoms with Crippen molar-refractivity contribution >= 4 is 5.91 Å². The standard InChI is InChI=1S/C18H22N4O3/c1-11-8-12(2)22(20-11)16(17-6-5-7-24-17)10-19-18(23)9-15-13(3)21-25-14(15)4/h5-8,16H,9-10H2,1-4H3,(H,19,23). The molecule has 0 aliphatic rings. The van der Waals surface area contributed by atoms with Crippen LogP contribution in [0.15, 0.2) is 33.4 Å². The van der Waals surface area contributed by atoms with Crippen molar-refractivity contribution in [2.75, 3.05) is 6.54 Å². The average Bonchev–Trinajstić information content (AvgIpc) is 3.27. The van der Waals surface area contributed by atoms with Crippen LogP contribution in [0.1, 0.15) is 40.2 Å². The first kappa shape index (κ1) is 17.0. The van der Waals surface area contributed by atoms with Gasteiger partial charge in [0, 0.05) is 17.8 Å². The van der Waals surface area contributed by atoms with Gasteiger partial charge in [-0.3, -0.25) is 9.48 Å². The molecule has 3 aromatic rings. The molecule has 7 nitrogen and oxygen atoms in total. The monoisotopic (exact) mass is 342 g/mol. The highest BCUT2D eigenvalue weighted by Crippen LogP contribution is 2.20. The highest BCUT2D eigenvalue weighted by atomic mass is 16.5. The molecule has 3 heterocycles. The summed E-state index contributed by atoms with van der Waals surface area (Å²) in [4.78, 5) is 12.4. The Hall–Kier alpha value is -2.83. The van der Waals surface area contributed by atoms with Crippen molar-refractivity contribution in [2.24, 2.45) is 0 Å². The molecule has 1 N–H and O–H groups in total. The zero-order valence-corrected chi connectivity index (χ0v) is 14.9. The van der Waals surface area contributed by atoms with Crippen LogP contribution in [0.3, 0.4) is 0 Å². The van der Waals surface area contributed by atoms with Crippen molar-refractivity contribution in [3.63, 3.8) is 0 Å². The molecule has 0 radical (unpaired) electrons. The molecule has 3 aromatic heterocycles. The van der Waals surface area contributed by atoms with E-state index in [9.17, 15) is 4.79 Å². The van der Waals surface area contributed by atoms with Gasteiger partial charge in [-0.05, 0) is 45.9 Å². The molecule has 0 saturated heterocycles. The number of nitrogens with zero attached hydrogens (tertiary/aromatic N) is 3. The summed E-state index contributed by atoms with van der Waals surface area (Å²) in [5, 5.41) is 11.4. The molecule has 132 valence electrons. The maximum absolute atomic E-state index is 12.4. The summed E-state index contributed by atoms with van der Waals surface area (Å²) in [5.74, 6) is 1.34. The van der Waals surface area contributed by atoms with Gasteiger partial charge in [-0.2, -0.15) is 5.10 Å². The molecule has 3 rings (SSSR count). The normalized spacial score (nSPS) is 12.3. The fraction of sp³-hybridized carbons (Fsp3) is 0.389. The van der Waals surface area contributed by atoms with Crippen molar-refractivity contribution < 1.29 is 13.7 Å². The molecule has 0 bridgehead atoms. The van der Waals surface area contributed by atoms with Crippen molar-refractivity contribution in [3.8, 4) is 0 Å². The Morgan fingerprint density at radius 2 is 2.12 bits per heavy atom. The molecule has 0 fully saturated rings. The van der Waals surface area contributed by atoms with E-state index in [-0.39, 0.29) is 18.4 Å². The Labute approximate surface area is 146 Å². The number of aromatic nitrogens is 3. The van der Waals surface area contributed by atoms with Gasteiger partial charge in [-0.15, -0.1) is 0 Å². The number of hydrogen-bond donors (Lipinski definition) is 1. The van der Waals surface area contributed by atoms with E-state index in [0.29, 0.717) is 12.3 Å². The first-order valence-corrected chi connectivity index (χ1v) is 8.20. The van der Waals surface area contributed by atoms with Crippen molar-refractivity contribution in [2.45, 2.75) is 40.2 Å². The van der Waals surface area contributed by atoms with E-state index in [1.165, 1.54) is 0 Å².